The van der Waals surface area contributed by atoms with Crippen LogP contribution >= 0.6 is 22.7 Å². The number of fused-ring (bicyclic) bond motifs is 6. The molecule has 10 rings (SSSR count). The molecule has 14 heteroatoms. The zero-order valence-corrected chi connectivity index (χ0v) is 45.2. The molecule has 0 atom stereocenters. The van der Waals surface area contributed by atoms with Crippen molar-refractivity contribution in [3.05, 3.63) is 199 Å². The fourth-order valence-corrected chi connectivity index (χ4v) is 11.3. The van der Waals surface area contributed by atoms with E-state index in [1.54, 1.807) is 13.8 Å². The van der Waals surface area contributed by atoms with Gasteiger partial charge in [0.2, 0.25) is 11.6 Å². The number of oxime groups is 2. The Hall–Kier alpha value is -8.72. The quantitative estimate of drug-likeness (QED) is 0.0226. The molecular weight excluding hydrogens is 1020 g/mol. The molecular formula is C64H54N4O8S2. The summed E-state index contributed by atoms with van der Waals surface area (Å²) in [5.74, 6) is -0.989. The van der Waals surface area contributed by atoms with Crippen molar-refractivity contribution in [3.8, 4) is 11.4 Å². The van der Waals surface area contributed by atoms with Crippen molar-refractivity contribution >= 4 is 113 Å². The summed E-state index contributed by atoms with van der Waals surface area (Å²) in [5.41, 5.74) is 10.4. The van der Waals surface area contributed by atoms with E-state index in [0.717, 1.165) is 105 Å². The van der Waals surface area contributed by atoms with E-state index in [2.05, 4.69) is 19.4 Å². The first-order valence-electron chi connectivity index (χ1n) is 25.9. The van der Waals surface area contributed by atoms with Gasteiger partial charge in [-0.3, -0.25) is 19.2 Å². The van der Waals surface area contributed by atoms with E-state index in [9.17, 15) is 28.8 Å². The van der Waals surface area contributed by atoms with Crippen LogP contribution in [0.3, 0.4) is 0 Å². The number of hydrogen-bond acceptors (Lipinski definition) is 12. The zero-order valence-electron chi connectivity index (χ0n) is 43.5. The Kier molecular flexibility index (Phi) is 15.7. The predicted octanol–water partition coefficient (Wildman–Crippen LogP) is 15.2. The van der Waals surface area contributed by atoms with E-state index >= 15 is 0 Å². The van der Waals surface area contributed by atoms with Crippen LogP contribution in [0.15, 0.2) is 167 Å². The van der Waals surface area contributed by atoms with Gasteiger partial charge in [-0.2, -0.15) is 0 Å². The molecule has 0 saturated carbocycles. The lowest BCUT2D eigenvalue weighted by Crippen LogP contribution is -2.01. The summed E-state index contributed by atoms with van der Waals surface area (Å²) in [4.78, 5) is 88.4. The second-order valence-corrected chi connectivity index (χ2v) is 21.2. The summed E-state index contributed by atoms with van der Waals surface area (Å²) in [6.45, 7) is 6.15. The number of carbonyl (C=O) groups excluding carboxylic acids is 6. The van der Waals surface area contributed by atoms with Crippen molar-refractivity contribution in [2.45, 2.75) is 79.1 Å². The fraction of sp³-hybridized carbons (Fsp3) is 0.188. The number of benzene rings is 6. The largest absolute Gasteiger partial charge is 0.331 e. The molecule has 0 fully saturated rings. The molecule has 0 aliphatic rings. The second-order valence-electron chi connectivity index (χ2n) is 19.3. The highest BCUT2D eigenvalue weighted by atomic mass is 32.1. The molecule has 0 unspecified atom stereocenters. The normalized spacial score (nSPS) is 11.9. The third-order valence-electron chi connectivity index (χ3n) is 14.0. The van der Waals surface area contributed by atoms with Gasteiger partial charge < -0.3 is 18.8 Å². The van der Waals surface area contributed by atoms with E-state index < -0.39 is 11.9 Å². The van der Waals surface area contributed by atoms with E-state index in [1.807, 2.05) is 156 Å². The van der Waals surface area contributed by atoms with Crippen molar-refractivity contribution in [3.63, 3.8) is 0 Å². The summed E-state index contributed by atoms with van der Waals surface area (Å²) in [6, 6.07) is 46.0. The Balaban J connectivity index is 0.787. The first-order valence-corrected chi connectivity index (χ1v) is 27.6. The molecule has 0 spiro atoms. The molecule has 0 N–H and O–H groups in total. The third kappa shape index (κ3) is 11.2. The van der Waals surface area contributed by atoms with Crippen molar-refractivity contribution in [1.82, 2.24) is 9.13 Å². The van der Waals surface area contributed by atoms with Gasteiger partial charge in [0.25, 0.3) is 0 Å². The highest BCUT2D eigenvalue weighted by Crippen LogP contribution is 2.37. The lowest BCUT2D eigenvalue weighted by atomic mass is 9.99. The number of Topliss-reactive ketones (excluding diaryl/α,β-unsaturated/α-hetero) is 2. The van der Waals surface area contributed by atoms with Crippen molar-refractivity contribution < 1.29 is 38.4 Å². The topological polar surface area (TPSA) is 155 Å². The highest BCUT2D eigenvalue weighted by molar-refractivity contribution is 7.12. The van der Waals surface area contributed by atoms with E-state index in [4.69, 9.17) is 9.68 Å². The number of carbonyl (C=O) groups is 6. The van der Waals surface area contributed by atoms with E-state index in [1.165, 1.54) is 36.5 Å². The minimum absolute atomic E-state index is 0.0563. The summed E-state index contributed by atoms with van der Waals surface area (Å²) in [6.07, 6.45) is 5.95. The van der Waals surface area contributed by atoms with Crippen LogP contribution in [-0.4, -0.2) is 55.6 Å². The SMILES string of the molecule is CC(=O)ON=C(C)c1ccc(-n2c3ccc(C(=O)CCCCCCCCC(=O)c4ccc5c(c4)c4cc(C(=O)c6cccs6)ccc4n5-c4ccc(C(C)=NOC(C)=O)cc4)cc3c3cc(C(=O)c4cccs4)ccc32)cc1. The number of rotatable bonds is 21. The molecule has 12 nitrogen and oxygen atoms in total. The summed E-state index contributed by atoms with van der Waals surface area (Å²) < 4.78 is 4.24. The van der Waals surface area contributed by atoms with Gasteiger partial charge in [-0.15, -0.1) is 22.7 Å². The number of ketones is 4. The molecule has 0 radical (unpaired) electrons. The van der Waals surface area contributed by atoms with Gasteiger partial charge >= 0.3 is 11.9 Å². The Bertz CT molecular complexity index is 3750. The fourth-order valence-electron chi connectivity index (χ4n) is 9.97. The van der Waals surface area contributed by atoms with E-state index in [0.29, 0.717) is 56.3 Å². The van der Waals surface area contributed by atoms with Gasteiger partial charge in [-0.05, 0) is 158 Å². The van der Waals surface area contributed by atoms with E-state index in [-0.39, 0.29) is 23.1 Å². The van der Waals surface area contributed by atoms with Crippen LogP contribution in [-0.2, 0) is 19.3 Å². The Morgan fingerprint density at radius 3 is 1.05 bits per heavy atom. The van der Waals surface area contributed by atoms with Crippen LogP contribution in [0.5, 0.6) is 0 Å². The Labute approximate surface area is 458 Å². The smallest absolute Gasteiger partial charge is 0.318 e. The lowest BCUT2D eigenvalue weighted by molar-refractivity contribution is -0.141. The third-order valence-corrected chi connectivity index (χ3v) is 15.7. The van der Waals surface area contributed by atoms with Crippen LogP contribution < -0.4 is 0 Å². The molecule has 0 bridgehead atoms. The predicted molar refractivity (Wildman–Crippen MR) is 311 cm³/mol. The van der Waals surface area contributed by atoms with Crippen molar-refractivity contribution in [2.75, 3.05) is 0 Å². The molecule has 4 aromatic heterocycles. The first-order chi connectivity index (χ1) is 37.8. The lowest BCUT2D eigenvalue weighted by Gasteiger charge is -2.10. The summed E-state index contributed by atoms with van der Waals surface area (Å²) >= 11 is 2.80. The number of aromatic nitrogens is 2. The number of nitrogens with zero attached hydrogens (tertiary/aromatic N) is 4. The molecule has 0 saturated heterocycles. The molecule has 6 aromatic carbocycles. The second kappa shape index (κ2) is 23.3. The zero-order chi connectivity index (χ0) is 54.5. The molecule has 0 aliphatic carbocycles. The minimum atomic E-state index is -0.496. The van der Waals surface area contributed by atoms with Crippen molar-refractivity contribution in [2.24, 2.45) is 10.3 Å². The summed E-state index contributed by atoms with van der Waals surface area (Å²) in [7, 11) is 0. The molecule has 4 heterocycles. The standard InChI is InChI=1S/C64H54N4O8S2/c1-39(65-75-41(3)69)43-17-25-49(26-18-43)67-55-29-21-45(35-51(55)53-37-47(23-31-57(53)67)63(73)61-15-11-33-77-61)59(71)13-9-7-5-6-8-10-14-60(72)46-22-30-56-52(36-46)54-38-48(64(74)62-16-12-34-78-62)24-32-58(54)68(56)50-27-19-44(20-28-50)40(2)66-76-42(4)70/h11-12,15-38H,5-10,13-14H2,1-4H3. The average molecular weight is 1070 g/mol. The number of hydrogen-bond donors (Lipinski definition) is 0. The monoisotopic (exact) mass is 1070 g/mol. The van der Waals surface area contributed by atoms with Crippen LogP contribution in [0.1, 0.15) is 141 Å². The molecule has 390 valence electrons. The van der Waals surface area contributed by atoms with Crippen LogP contribution in [0.4, 0.5) is 0 Å². The first kappa shape index (κ1) is 52.7. The van der Waals surface area contributed by atoms with Crippen LogP contribution in [0.25, 0.3) is 55.0 Å². The Morgan fingerprint density at radius 1 is 0.397 bits per heavy atom. The molecule has 78 heavy (non-hydrogen) atoms. The Morgan fingerprint density at radius 2 is 0.718 bits per heavy atom. The molecule has 10 aromatic rings. The van der Waals surface area contributed by atoms with Crippen molar-refractivity contribution in [1.29, 1.82) is 0 Å². The van der Waals surface area contributed by atoms with Gasteiger partial charge in [-0.1, -0.05) is 72.4 Å². The van der Waals surface area contributed by atoms with Gasteiger partial charge in [-0.25, -0.2) is 9.59 Å². The maximum absolute atomic E-state index is 13.8. The minimum Gasteiger partial charge on any atom is -0.318 e. The maximum atomic E-state index is 13.8. The average Bonchev–Trinajstić information content (AvgIpc) is 4.33. The maximum Gasteiger partial charge on any atom is 0.331 e. The highest BCUT2D eigenvalue weighted by Gasteiger charge is 2.21. The summed E-state index contributed by atoms with van der Waals surface area (Å²) in [5, 5.41) is 15.1. The molecule has 0 amide bonds. The van der Waals surface area contributed by atoms with Gasteiger partial charge in [0.15, 0.2) is 11.6 Å². The molecule has 0 aliphatic heterocycles. The van der Waals surface area contributed by atoms with Gasteiger partial charge in [0.05, 0.1) is 43.2 Å². The van der Waals surface area contributed by atoms with Gasteiger partial charge in [0.1, 0.15) is 0 Å². The number of thiophene rings is 2. The van der Waals surface area contributed by atoms with Gasteiger partial charge in [0, 0.05) is 81.9 Å². The van der Waals surface area contributed by atoms with Crippen LogP contribution in [0, 0.1) is 0 Å². The van der Waals surface area contributed by atoms with Crippen LogP contribution in [0.2, 0.25) is 0 Å². The number of unbranched alkanes of at least 4 members (excludes halogenated alkanes) is 5.